The van der Waals surface area contributed by atoms with Gasteiger partial charge in [-0.1, -0.05) is 6.07 Å². The van der Waals surface area contributed by atoms with Crippen molar-refractivity contribution in [3.05, 3.63) is 35.8 Å². The molecule has 1 saturated carbocycles. The number of imidazole rings is 1. The summed E-state index contributed by atoms with van der Waals surface area (Å²) in [6, 6.07) is 4.19. The molecule has 2 aromatic rings. The molecule has 92 valence electrons. The summed E-state index contributed by atoms with van der Waals surface area (Å²) in [5.41, 5.74) is 3.12. The van der Waals surface area contributed by atoms with Gasteiger partial charge in [0.05, 0.1) is 12.3 Å². The van der Waals surface area contributed by atoms with Gasteiger partial charge in [0.1, 0.15) is 11.6 Å². The molecule has 1 aliphatic heterocycles. The zero-order chi connectivity index (χ0) is 12.1. The van der Waals surface area contributed by atoms with Gasteiger partial charge < -0.3 is 9.14 Å². The molecule has 4 heteroatoms. The van der Waals surface area contributed by atoms with Crippen molar-refractivity contribution in [2.45, 2.75) is 31.1 Å². The first-order valence-corrected chi connectivity index (χ1v) is 6.46. The van der Waals surface area contributed by atoms with Gasteiger partial charge in [0.25, 0.3) is 0 Å². The Morgan fingerprint density at radius 2 is 2.11 bits per heavy atom. The number of cyclic esters (lactones) is 1. The van der Waals surface area contributed by atoms with E-state index in [-0.39, 0.29) is 11.9 Å². The van der Waals surface area contributed by atoms with Crippen molar-refractivity contribution in [2.24, 2.45) is 0 Å². The summed E-state index contributed by atoms with van der Waals surface area (Å²) in [4.78, 5) is 16.1. The molecule has 1 atom stereocenters. The van der Waals surface area contributed by atoms with Crippen LogP contribution in [0.2, 0.25) is 0 Å². The minimum atomic E-state index is -0.172. The summed E-state index contributed by atoms with van der Waals surface area (Å²) in [5, 5.41) is 0. The predicted molar refractivity (Wildman–Crippen MR) is 65.5 cm³/mol. The average Bonchev–Trinajstić information content (AvgIpc) is 3.00. The van der Waals surface area contributed by atoms with E-state index in [0.29, 0.717) is 6.61 Å². The van der Waals surface area contributed by atoms with Crippen LogP contribution in [0.25, 0.3) is 5.65 Å². The standard InChI is InChI=1S/C14H14N2O2/c17-14-11(5-6-18-14)12-8-16-7-10(9-1-2-9)3-4-13(16)15-12/h3-4,7-9,11H,1-2,5-6H2. The molecule has 1 saturated heterocycles. The molecule has 0 aromatic carbocycles. The van der Waals surface area contributed by atoms with Gasteiger partial charge in [-0.05, 0) is 30.4 Å². The maximum atomic E-state index is 11.6. The number of hydrogen-bond acceptors (Lipinski definition) is 3. The number of pyridine rings is 1. The monoisotopic (exact) mass is 242 g/mol. The van der Waals surface area contributed by atoms with Crippen LogP contribution in [0.15, 0.2) is 24.5 Å². The highest BCUT2D eigenvalue weighted by atomic mass is 16.5. The van der Waals surface area contributed by atoms with E-state index >= 15 is 0 Å². The lowest BCUT2D eigenvalue weighted by molar-refractivity contribution is -0.139. The number of fused-ring (bicyclic) bond motifs is 1. The Kier molecular flexibility index (Phi) is 2.01. The Bertz CT molecular complexity index is 628. The molecule has 2 aromatic heterocycles. The lowest BCUT2D eigenvalue weighted by atomic mass is 10.1. The Morgan fingerprint density at radius 1 is 1.22 bits per heavy atom. The number of rotatable bonds is 2. The van der Waals surface area contributed by atoms with E-state index in [1.54, 1.807) is 0 Å². The second-order valence-corrected chi connectivity index (χ2v) is 5.18. The van der Waals surface area contributed by atoms with E-state index in [1.807, 2.05) is 16.7 Å². The van der Waals surface area contributed by atoms with E-state index in [4.69, 9.17) is 4.74 Å². The third kappa shape index (κ3) is 1.52. The van der Waals surface area contributed by atoms with Crippen molar-refractivity contribution in [1.29, 1.82) is 0 Å². The first-order chi connectivity index (χ1) is 8.81. The zero-order valence-corrected chi connectivity index (χ0v) is 10.0. The molecule has 0 radical (unpaired) electrons. The highest BCUT2D eigenvalue weighted by molar-refractivity contribution is 5.79. The van der Waals surface area contributed by atoms with Gasteiger partial charge in [-0.2, -0.15) is 0 Å². The number of esters is 1. The van der Waals surface area contributed by atoms with Crippen molar-refractivity contribution in [1.82, 2.24) is 9.38 Å². The number of nitrogens with zero attached hydrogens (tertiary/aromatic N) is 2. The SMILES string of the molecule is O=C1OCCC1c1cn2cc(C3CC3)ccc2n1. The van der Waals surface area contributed by atoms with Gasteiger partial charge in [-0.25, -0.2) is 4.98 Å². The third-order valence-electron chi connectivity index (χ3n) is 3.83. The minimum Gasteiger partial charge on any atom is -0.465 e. The summed E-state index contributed by atoms with van der Waals surface area (Å²) in [7, 11) is 0. The van der Waals surface area contributed by atoms with Crippen LogP contribution >= 0.6 is 0 Å². The van der Waals surface area contributed by atoms with Crippen LogP contribution in [0.3, 0.4) is 0 Å². The largest absolute Gasteiger partial charge is 0.465 e. The normalized spacial score (nSPS) is 23.6. The molecule has 4 rings (SSSR count). The molecule has 2 fully saturated rings. The fourth-order valence-electron chi connectivity index (χ4n) is 2.62. The van der Waals surface area contributed by atoms with Gasteiger partial charge in [0.15, 0.2) is 0 Å². The molecular weight excluding hydrogens is 228 g/mol. The fourth-order valence-corrected chi connectivity index (χ4v) is 2.62. The van der Waals surface area contributed by atoms with Gasteiger partial charge in [0, 0.05) is 18.8 Å². The molecule has 0 bridgehead atoms. The first kappa shape index (κ1) is 10.1. The molecule has 1 unspecified atom stereocenters. The first-order valence-electron chi connectivity index (χ1n) is 6.46. The molecule has 0 N–H and O–H groups in total. The van der Waals surface area contributed by atoms with Crippen molar-refractivity contribution in [2.75, 3.05) is 6.61 Å². The van der Waals surface area contributed by atoms with Crippen LogP contribution in [0, 0.1) is 0 Å². The van der Waals surface area contributed by atoms with Crippen LogP contribution in [-0.4, -0.2) is 22.0 Å². The lowest BCUT2D eigenvalue weighted by Gasteiger charge is -1.98. The van der Waals surface area contributed by atoms with E-state index in [1.165, 1.54) is 18.4 Å². The minimum absolute atomic E-state index is 0.138. The van der Waals surface area contributed by atoms with Gasteiger partial charge in [-0.15, -0.1) is 0 Å². The predicted octanol–water partition coefficient (Wildman–Crippen LogP) is 2.24. The molecular formula is C14H14N2O2. The van der Waals surface area contributed by atoms with E-state index < -0.39 is 0 Å². The van der Waals surface area contributed by atoms with Gasteiger partial charge in [-0.3, -0.25) is 4.79 Å². The fraction of sp³-hybridized carbons (Fsp3) is 0.429. The number of aromatic nitrogens is 2. The molecule has 2 aliphatic rings. The summed E-state index contributed by atoms with van der Waals surface area (Å²) in [6.45, 7) is 0.519. The summed E-state index contributed by atoms with van der Waals surface area (Å²) in [6.07, 6.45) is 7.45. The van der Waals surface area contributed by atoms with Crippen LogP contribution in [0.1, 0.15) is 42.4 Å². The van der Waals surface area contributed by atoms with E-state index in [9.17, 15) is 4.79 Å². The number of carbonyl (C=O) groups is 1. The van der Waals surface area contributed by atoms with Crippen LogP contribution in [0.5, 0.6) is 0 Å². The number of carbonyl (C=O) groups excluding carboxylic acids is 1. The van der Waals surface area contributed by atoms with Crippen molar-refractivity contribution in [3.8, 4) is 0 Å². The smallest absolute Gasteiger partial charge is 0.315 e. The quantitative estimate of drug-likeness (QED) is 0.758. The van der Waals surface area contributed by atoms with Gasteiger partial charge in [0.2, 0.25) is 0 Å². The maximum Gasteiger partial charge on any atom is 0.315 e. The highest BCUT2D eigenvalue weighted by Gasteiger charge is 2.30. The topological polar surface area (TPSA) is 43.6 Å². The highest BCUT2D eigenvalue weighted by Crippen LogP contribution is 2.40. The van der Waals surface area contributed by atoms with Crippen molar-refractivity contribution >= 4 is 11.6 Å². The van der Waals surface area contributed by atoms with Gasteiger partial charge >= 0.3 is 5.97 Å². The summed E-state index contributed by atoms with van der Waals surface area (Å²) < 4.78 is 7.04. The molecule has 1 aliphatic carbocycles. The zero-order valence-electron chi connectivity index (χ0n) is 10.0. The van der Waals surface area contributed by atoms with Crippen molar-refractivity contribution < 1.29 is 9.53 Å². The summed E-state index contributed by atoms with van der Waals surface area (Å²) in [5.74, 6) is 0.423. The molecule has 3 heterocycles. The molecule has 0 spiro atoms. The Hall–Kier alpha value is -1.84. The molecule has 4 nitrogen and oxygen atoms in total. The third-order valence-corrected chi connectivity index (χ3v) is 3.83. The maximum absolute atomic E-state index is 11.6. The average molecular weight is 242 g/mol. The Morgan fingerprint density at radius 3 is 2.83 bits per heavy atom. The van der Waals surface area contributed by atoms with Crippen LogP contribution < -0.4 is 0 Å². The van der Waals surface area contributed by atoms with E-state index in [0.717, 1.165) is 23.7 Å². The lowest BCUT2D eigenvalue weighted by Crippen LogP contribution is -2.05. The second kappa shape index (κ2) is 3.57. The molecule has 18 heavy (non-hydrogen) atoms. The van der Waals surface area contributed by atoms with E-state index in [2.05, 4.69) is 17.2 Å². The number of hydrogen-bond donors (Lipinski definition) is 0. The Balaban J connectivity index is 1.76. The number of ether oxygens (including phenoxy) is 1. The summed E-state index contributed by atoms with van der Waals surface area (Å²) >= 11 is 0. The van der Waals surface area contributed by atoms with Crippen LogP contribution in [0.4, 0.5) is 0 Å². The van der Waals surface area contributed by atoms with Crippen molar-refractivity contribution in [3.63, 3.8) is 0 Å². The molecule has 0 amide bonds. The van der Waals surface area contributed by atoms with Crippen LogP contribution in [-0.2, 0) is 9.53 Å². The second-order valence-electron chi connectivity index (χ2n) is 5.18. The Labute approximate surface area is 105 Å².